The Hall–Kier alpha value is -3.59. The Morgan fingerprint density at radius 2 is 1.83 bits per heavy atom. The SMILES string of the molecule is C#CCOC(=O)c1ccccc1-n1c(=O)[nH]c2ccccc2c1=O. The first-order valence-electron chi connectivity index (χ1n) is 7.07. The number of aromatic amines is 1. The Kier molecular flexibility index (Phi) is 4.00. The van der Waals surface area contributed by atoms with Gasteiger partial charge in [0.15, 0.2) is 6.61 Å². The van der Waals surface area contributed by atoms with Gasteiger partial charge in [0, 0.05) is 0 Å². The maximum atomic E-state index is 12.7. The topological polar surface area (TPSA) is 81.2 Å². The van der Waals surface area contributed by atoms with Crippen LogP contribution in [0.4, 0.5) is 0 Å². The second-order valence-corrected chi connectivity index (χ2v) is 4.91. The zero-order valence-electron chi connectivity index (χ0n) is 12.5. The summed E-state index contributed by atoms with van der Waals surface area (Å²) in [7, 11) is 0. The number of esters is 1. The van der Waals surface area contributed by atoms with Gasteiger partial charge >= 0.3 is 11.7 Å². The molecule has 0 saturated heterocycles. The molecule has 118 valence electrons. The van der Waals surface area contributed by atoms with E-state index in [0.29, 0.717) is 10.9 Å². The number of ether oxygens (including phenoxy) is 1. The molecule has 1 heterocycles. The lowest BCUT2D eigenvalue weighted by molar-refractivity contribution is 0.0556. The minimum Gasteiger partial charge on any atom is -0.449 e. The fraction of sp³-hybridized carbons (Fsp3) is 0.0556. The summed E-state index contributed by atoms with van der Waals surface area (Å²) >= 11 is 0. The Labute approximate surface area is 136 Å². The molecule has 0 amide bonds. The van der Waals surface area contributed by atoms with Gasteiger partial charge in [0.25, 0.3) is 5.56 Å². The molecule has 0 unspecified atom stereocenters. The Morgan fingerprint density at radius 1 is 1.12 bits per heavy atom. The van der Waals surface area contributed by atoms with Crippen molar-refractivity contribution in [1.29, 1.82) is 0 Å². The number of fused-ring (bicyclic) bond motifs is 1. The Bertz CT molecular complexity index is 1090. The van der Waals surface area contributed by atoms with E-state index in [1.807, 2.05) is 0 Å². The van der Waals surface area contributed by atoms with Crippen molar-refractivity contribution in [2.24, 2.45) is 0 Å². The minimum atomic E-state index is -0.706. The number of rotatable bonds is 3. The summed E-state index contributed by atoms with van der Waals surface area (Å²) in [5.74, 6) is 1.49. The van der Waals surface area contributed by atoms with Crippen molar-refractivity contribution in [2.45, 2.75) is 0 Å². The molecular weight excluding hydrogens is 308 g/mol. The highest BCUT2D eigenvalue weighted by Gasteiger charge is 2.17. The molecule has 0 aliphatic carbocycles. The third kappa shape index (κ3) is 2.59. The highest BCUT2D eigenvalue weighted by Crippen LogP contribution is 2.14. The van der Waals surface area contributed by atoms with Gasteiger partial charge in [-0.15, -0.1) is 6.42 Å². The number of aromatic nitrogens is 2. The Balaban J connectivity index is 2.26. The summed E-state index contributed by atoms with van der Waals surface area (Å²) in [5.41, 5.74) is -0.522. The van der Waals surface area contributed by atoms with Gasteiger partial charge in [0.05, 0.1) is 22.2 Å². The van der Waals surface area contributed by atoms with Gasteiger partial charge in [-0.05, 0) is 24.3 Å². The van der Waals surface area contributed by atoms with Crippen molar-refractivity contribution in [3.8, 4) is 18.0 Å². The van der Waals surface area contributed by atoms with E-state index in [-0.39, 0.29) is 17.9 Å². The van der Waals surface area contributed by atoms with Gasteiger partial charge in [0.2, 0.25) is 0 Å². The average Bonchev–Trinajstić information content (AvgIpc) is 2.60. The summed E-state index contributed by atoms with van der Waals surface area (Å²) in [4.78, 5) is 39.8. The van der Waals surface area contributed by atoms with Crippen LogP contribution in [0.5, 0.6) is 0 Å². The van der Waals surface area contributed by atoms with Crippen molar-refractivity contribution in [1.82, 2.24) is 9.55 Å². The first-order chi connectivity index (χ1) is 11.6. The second-order valence-electron chi connectivity index (χ2n) is 4.91. The average molecular weight is 320 g/mol. The van der Waals surface area contributed by atoms with Gasteiger partial charge < -0.3 is 9.72 Å². The van der Waals surface area contributed by atoms with E-state index in [0.717, 1.165) is 4.57 Å². The summed E-state index contributed by atoms with van der Waals surface area (Å²) in [6.07, 6.45) is 5.08. The normalized spacial score (nSPS) is 10.3. The minimum absolute atomic E-state index is 0.0793. The van der Waals surface area contributed by atoms with Crippen LogP contribution in [0.15, 0.2) is 58.1 Å². The molecule has 1 N–H and O–H groups in total. The highest BCUT2D eigenvalue weighted by molar-refractivity contribution is 5.93. The third-order valence-corrected chi connectivity index (χ3v) is 3.46. The van der Waals surface area contributed by atoms with E-state index in [1.54, 1.807) is 36.4 Å². The standard InChI is InChI=1S/C18H12N2O4/c1-2-11-24-17(22)13-8-4-6-10-15(13)20-16(21)12-7-3-5-9-14(12)19-18(20)23/h1,3-10H,11H2,(H,19,23). The lowest BCUT2D eigenvalue weighted by Gasteiger charge is -2.10. The molecule has 0 atom stereocenters. The number of hydrogen-bond acceptors (Lipinski definition) is 4. The van der Waals surface area contributed by atoms with Crippen LogP contribution in [0.3, 0.4) is 0 Å². The zero-order valence-corrected chi connectivity index (χ0v) is 12.5. The number of para-hydroxylation sites is 2. The van der Waals surface area contributed by atoms with E-state index in [4.69, 9.17) is 11.2 Å². The second kappa shape index (κ2) is 6.26. The fourth-order valence-corrected chi connectivity index (χ4v) is 2.41. The number of nitrogens with one attached hydrogen (secondary N) is 1. The number of hydrogen-bond donors (Lipinski definition) is 1. The van der Waals surface area contributed by atoms with Crippen LogP contribution in [0.1, 0.15) is 10.4 Å². The van der Waals surface area contributed by atoms with Crippen molar-refractivity contribution in [3.05, 3.63) is 74.9 Å². The summed E-state index contributed by atoms with van der Waals surface area (Å²) in [6.45, 7) is -0.198. The van der Waals surface area contributed by atoms with E-state index in [9.17, 15) is 14.4 Å². The lowest BCUT2D eigenvalue weighted by Crippen LogP contribution is -2.34. The number of H-pyrrole nitrogens is 1. The van der Waals surface area contributed by atoms with Crippen LogP contribution in [0.25, 0.3) is 16.6 Å². The van der Waals surface area contributed by atoms with E-state index in [1.165, 1.54) is 12.1 Å². The van der Waals surface area contributed by atoms with E-state index in [2.05, 4.69) is 10.9 Å². The smallest absolute Gasteiger partial charge is 0.341 e. The van der Waals surface area contributed by atoms with Gasteiger partial charge in [-0.2, -0.15) is 0 Å². The first-order valence-corrected chi connectivity index (χ1v) is 7.07. The molecule has 0 spiro atoms. The van der Waals surface area contributed by atoms with Crippen LogP contribution < -0.4 is 11.2 Å². The number of carbonyl (C=O) groups excluding carboxylic acids is 1. The molecule has 1 aromatic heterocycles. The van der Waals surface area contributed by atoms with E-state index < -0.39 is 17.2 Å². The number of nitrogens with zero attached hydrogens (tertiary/aromatic N) is 1. The van der Waals surface area contributed by atoms with Crippen LogP contribution in [0, 0.1) is 12.3 Å². The molecule has 2 aromatic carbocycles. The van der Waals surface area contributed by atoms with Crippen molar-refractivity contribution >= 4 is 16.9 Å². The highest BCUT2D eigenvalue weighted by atomic mass is 16.5. The number of benzene rings is 2. The van der Waals surface area contributed by atoms with Crippen LogP contribution in [0.2, 0.25) is 0 Å². The van der Waals surface area contributed by atoms with Crippen LogP contribution in [-0.4, -0.2) is 22.1 Å². The lowest BCUT2D eigenvalue weighted by atomic mass is 10.1. The number of carbonyl (C=O) groups is 1. The molecular formula is C18H12N2O4. The summed E-state index contributed by atoms with van der Waals surface area (Å²) in [5, 5.41) is 0.337. The molecule has 0 aliphatic rings. The van der Waals surface area contributed by atoms with Gasteiger partial charge in [0.1, 0.15) is 0 Å². The van der Waals surface area contributed by atoms with E-state index >= 15 is 0 Å². The fourth-order valence-electron chi connectivity index (χ4n) is 2.41. The molecule has 6 nitrogen and oxygen atoms in total. The first kappa shape index (κ1) is 15.3. The van der Waals surface area contributed by atoms with Crippen LogP contribution in [-0.2, 0) is 4.74 Å². The predicted octanol–water partition coefficient (Wildman–Crippen LogP) is 1.47. The molecule has 3 rings (SSSR count). The third-order valence-electron chi connectivity index (χ3n) is 3.46. The predicted molar refractivity (Wildman–Crippen MR) is 89.3 cm³/mol. The number of terminal acetylenes is 1. The monoisotopic (exact) mass is 320 g/mol. The molecule has 0 bridgehead atoms. The van der Waals surface area contributed by atoms with Crippen molar-refractivity contribution in [3.63, 3.8) is 0 Å². The van der Waals surface area contributed by atoms with Crippen molar-refractivity contribution in [2.75, 3.05) is 6.61 Å². The largest absolute Gasteiger partial charge is 0.449 e. The summed E-state index contributed by atoms with van der Waals surface area (Å²) < 4.78 is 5.82. The molecule has 6 heteroatoms. The van der Waals surface area contributed by atoms with Gasteiger partial charge in [-0.1, -0.05) is 30.2 Å². The molecule has 3 aromatic rings. The maximum absolute atomic E-state index is 12.7. The molecule has 0 radical (unpaired) electrons. The zero-order chi connectivity index (χ0) is 17.1. The molecule has 24 heavy (non-hydrogen) atoms. The quantitative estimate of drug-likeness (QED) is 0.585. The molecule has 0 fully saturated rings. The maximum Gasteiger partial charge on any atom is 0.341 e. The molecule has 0 saturated carbocycles. The van der Waals surface area contributed by atoms with Crippen molar-refractivity contribution < 1.29 is 9.53 Å². The van der Waals surface area contributed by atoms with Crippen LogP contribution >= 0.6 is 0 Å². The summed E-state index contributed by atoms with van der Waals surface area (Å²) in [6, 6.07) is 12.8. The Morgan fingerprint density at radius 3 is 2.62 bits per heavy atom. The molecule has 0 aliphatic heterocycles. The van der Waals surface area contributed by atoms with Gasteiger partial charge in [-0.3, -0.25) is 4.79 Å². The van der Waals surface area contributed by atoms with Gasteiger partial charge in [-0.25, -0.2) is 14.2 Å².